The van der Waals surface area contributed by atoms with E-state index in [1.807, 2.05) is 11.3 Å². The first kappa shape index (κ1) is 17.4. The number of hydrogen-bond acceptors (Lipinski definition) is 3. The van der Waals surface area contributed by atoms with Gasteiger partial charge in [-0.1, -0.05) is 61.4 Å². The Bertz CT molecular complexity index is 908. The molecule has 1 aromatic heterocycles. The molecule has 26 heavy (non-hydrogen) atoms. The second-order valence-corrected chi connectivity index (χ2v) is 8.30. The summed E-state index contributed by atoms with van der Waals surface area (Å²) >= 11 is 1.83. The minimum Gasteiger partial charge on any atom is -0.330 e. The molecule has 0 saturated carbocycles. The largest absolute Gasteiger partial charge is 0.330 e. The van der Waals surface area contributed by atoms with E-state index in [2.05, 4.69) is 56.3 Å². The summed E-state index contributed by atoms with van der Waals surface area (Å²) in [7, 11) is 0. The van der Waals surface area contributed by atoms with E-state index in [0.717, 1.165) is 24.4 Å². The molecule has 0 amide bonds. The molecule has 2 aromatic carbocycles. The van der Waals surface area contributed by atoms with Crippen LogP contribution in [-0.4, -0.2) is 11.5 Å². The zero-order valence-electron chi connectivity index (χ0n) is 15.6. The molecule has 0 aliphatic heterocycles. The Kier molecular flexibility index (Phi) is 4.92. The van der Waals surface area contributed by atoms with Gasteiger partial charge in [0.1, 0.15) is 5.01 Å². The third-order valence-corrected chi connectivity index (χ3v) is 6.57. The summed E-state index contributed by atoms with van der Waals surface area (Å²) in [4.78, 5) is 6.31. The monoisotopic (exact) mass is 362 g/mol. The lowest BCUT2D eigenvalue weighted by atomic mass is 9.87. The Balaban J connectivity index is 1.70. The predicted molar refractivity (Wildman–Crippen MR) is 112 cm³/mol. The van der Waals surface area contributed by atoms with Gasteiger partial charge in [0, 0.05) is 5.56 Å². The number of nitrogens with two attached hydrogens (primary N) is 1. The van der Waals surface area contributed by atoms with Crippen molar-refractivity contribution in [3.05, 3.63) is 64.8 Å². The summed E-state index contributed by atoms with van der Waals surface area (Å²) in [6, 6.07) is 15.7. The zero-order valence-corrected chi connectivity index (χ0v) is 16.4. The number of aryl methyl sites for hydroxylation is 3. The Morgan fingerprint density at radius 3 is 2.65 bits per heavy atom. The van der Waals surface area contributed by atoms with Gasteiger partial charge < -0.3 is 5.73 Å². The molecule has 1 aliphatic rings. The number of aromatic nitrogens is 1. The molecule has 0 fully saturated rings. The van der Waals surface area contributed by atoms with Crippen molar-refractivity contribution in [2.75, 3.05) is 6.54 Å². The molecule has 0 spiro atoms. The van der Waals surface area contributed by atoms with Gasteiger partial charge in [0.05, 0.1) is 10.6 Å². The van der Waals surface area contributed by atoms with E-state index in [-0.39, 0.29) is 0 Å². The van der Waals surface area contributed by atoms with Crippen molar-refractivity contribution >= 4 is 11.3 Å². The van der Waals surface area contributed by atoms with Crippen LogP contribution in [0.4, 0.5) is 0 Å². The van der Waals surface area contributed by atoms with Gasteiger partial charge in [-0.2, -0.15) is 0 Å². The third-order valence-electron chi connectivity index (χ3n) is 5.39. The predicted octanol–water partition coefficient (Wildman–Crippen LogP) is 5.73. The minimum atomic E-state index is 0.483. The molecule has 1 heterocycles. The molecule has 2 nitrogen and oxygen atoms in total. The molecular formula is C23H26N2S. The average molecular weight is 363 g/mol. The molecule has 3 aromatic rings. The van der Waals surface area contributed by atoms with E-state index < -0.39 is 0 Å². The van der Waals surface area contributed by atoms with Crippen LogP contribution in [0, 0.1) is 6.92 Å². The molecule has 1 unspecified atom stereocenters. The molecule has 134 valence electrons. The highest BCUT2D eigenvalue weighted by molar-refractivity contribution is 7.18. The van der Waals surface area contributed by atoms with Gasteiger partial charge in [-0.15, -0.1) is 11.3 Å². The average Bonchev–Trinajstić information content (AvgIpc) is 3.11. The van der Waals surface area contributed by atoms with E-state index in [1.54, 1.807) is 0 Å². The third kappa shape index (κ3) is 3.22. The Labute approximate surface area is 160 Å². The van der Waals surface area contributed by atoms with Gasteiger partial charge >= 0.3 is 0 Å². The number of hydrogen-bond donors (Lipinski definition) is 1. The number of benzene rings is 2. The lowest BCUT2D eigenvalue weighted by Crippen LogP contribution is -2.13. The van der Waals surface area contributed by atoms with E-state index in [4.69, 9.17) is 10.7 Å². The first-order chi connectivity index (χ1) is 12.7. The Hall–Kier alpha value is -1.97. The van der Waals surface area contributed by atoms with Crippen LogP contribution in [0.15, 0.2) is 42.5 Å². The fourth-order valence-corrected chi connectivity index (χ4v) is 5.05. The highest BCUT2D eigenvalue weighted by Crippen LogP contribution is 2.41. The van der Waals surface area contributed by atoms with Gasteiger partial charge in [0.2, 0.25) is 0 Å². The standard InChI is InChI=1S/C23H26N2S/c1-3-4-19(14-24)17-9-11-20-18(13-17)10-12-21-22(20)26-23(25-21)16-7-5-15(2)6-8-16/h5-9,11,13,19H,3-4,10,12,14,24H2,1-2H3. The van der Waals surface area contributed by atoms with Crippen LogP contribution in [0.5, 0.6) is 0 Å². The van der Waals surface area contributed by atoms with Crippen LogP contribution in [-0.2, 0) is 12.8 Å². The summed E-state index contributed by atoms with van der Waals surface area (Å²) < 4.78 is 0. The lowest BCUT2D eigenvalue weighted by Gasteiger charge is -2.20. The van der Waals surface area contributed by atoms with Crippen LogP contribution in [0.3, 0.4) is 0 Å². The molecule has 1 atom stereocenters. The molecule has 4 rings (SSSR count). The van der Waals surface area contributed by atoms with Crippen LogP contribution in [0.2, 0.25) is 0 Å². The van der Waals surface area contributed by atoms with E-state index in [9.17, 15) is 0 Å². The maximum absolute atomic E-state index is 6.01. The zero-order chi connectivity index (χ0) is 18.1. The van der Waals surface area contributed by atoms with Gasteiger partial charge in [-0.25, -0.2) is 4.98 Å². The number of thiazole rings is 1. The van der Waals surface area contributed by atoms with Crippen molar-refractivity contribution < 1.29 is 0 Å². The van der Waals surface area contributed by atoms with Gasteiger partial charge in [-0.3, -0.25) is 0 Å². The van der Waals surface area contributed by atoms with Crippen LogP contribution in [0.1, 0.15) is 48.1 Å². The minimum absolute atomic E-state index is 0.483. The fraction of sp³-hybridized carbons (Fsp3) is 0.348. The van der Waals surface area contributed by atoms with Crippen molar-refractivity contribution in [3.63, 3.8) is 0 Å². The van der Waals surface area contributed by atoms with Crippen molar-refractivity contribution in [3.8, 4) is 21.0 Å². The van der Waals surface area contributed by atoms with Crippen LogP contribution >= 0.6 is 11.3 Å². The van der Waals surface area contributed by atoms with E-state index >= 15 is 0 Å². The molecule has 3 heteroatoms. The van der Waals surface area contributed by atoms with Crippen molar-refractivity contribution in [1.82, 2.24) is 4.98 Å². The first-order valence-corrected chi connectivity index (χ1v) is 10.4. The fourth-order valence-electron chi connectivity index (χ4n) is 3.87. The Morgan fingerprint density at radius 2 is 1.92 bits per heavy atom. The number of nitrogens with zero attached hydrogens (tertiary/aromatic N) is 1. The quantitative estimate of drug-likeness (QED) is 0.630. The van der Waals surface area contributed by atoms with Gasteiger partial charge in [0.25, 0.3) is 0 Å². The lowest BCUT2D eigenvalue weighted by molar-refractivity contribution is 0.621. The van der Waals surface area contributed by atoms with Crippen LogP contribution in [0.25, 0.3) is 21.0 Å². The normalized spacial score (nSPS) is 14.0. The maximum atomic E-state index is 6.01. The molecule has 0 saturated heterocycles. The van der Waals surface area contributed by atoms with Crippen molar-refractivity contribution in [2.24, 2.45) is 5.73 Å². The molecule has 2 N–H and O–H groups in total. The summed E-state index contributed by atoms with van der Waals surface area (Å²) in [5.74, 6) is 0.483. The maximum Gasteiger partial charge on any atom is 0.124 e. The molecular weight excluding hydrogens is 336 g/mol. The Morgan fingerprint density at radius 1 is 1.12 bits per heavy atom. The topological polar surface area (TPSA) is 38.9 Å². The first-order valence-electron chi connectivity index (χ1n) is 9.59. The number of rotatable bonds is 5. The summed E-state index contributed by atoms with van der Waals surface area (Å²) in [6.07, 6.45) is 4.46. The van der Waals surface area contributed by atoms with Crippen LogP contribution < -0.4 is 5.73 Å². The molecule has 0 bridgehead atoms. The van der Waals surface area contributed by atoms with Crippen molar-refractivity contribution in [1.29, 1.82) is 0 Å². The second-order valence-electron chi connectivity index (χ2n) is 7.30. The molecule has 1 aliphatic carbocycles. The summed E-state index contributed by atoms with van der Waals surface area (Å²) in [5.41, 5.74) is 14.0. The number of fused-ring (bicyclic) bond motifs is 3. The summed E-state index contributed by atoms with van der Waals surface area (Å²) in [5, 5.41) is 1.14. The van der Waals surface area contributed by atoms with Gasteiger partial charge in [0.15, 0.2) is 0 Å². The molecule has 0 radical (unpaired) electrons. The smallest absolute Gasteiger partial charge is 0.124 e. The van der Waals surface area contributed by atoms with E-state index in [0.29, 0.717) is 5.92 Å². The van der Waals surface area contributed by atoms with Crippen molar-refractivity contribution in [2.45, 2.75) is 45.4 Å². The highest BCUT2D eigenvalue weighted by atomic mass is 32.1. The highest BCUT2D eigenvalue weighted by Gasteiger charge is 2.22. The second kappa shape index (κ2) is 7.34. The van der Waals surface area contributed by atoms with Gasteiger partial charge in [-0.05, 0) is 55.3 Å². The van der Waals surface area contributed by atoms with E-state index in [1.165, 1.54) is 51.2 Å². The summed E-state index contributed by atoms with van der Waals surface area (Å²) in [6.45, 7) is 5.09. The SMILES string of the molecule is CCCC(CN)c1ccc2c(c1)CCc1nc(-c3ccc(C)cc3)sc1-2.